The van der Waals surface area contributed by atoms with Crippen molar-refractivity contribution < 1.29 is 93.6 Å². The Kier molecular flexibility index (Phi) is 11.3. The van der Waals surface area contributed by atoms with Crippen LogP contribution in [-0.4, -0.2) is 76.1 Å². The molecule has 202 valence electrons. The summed E-state index contributed by atoms with van der Waals surface area (Å²) in [6.07, 6.45) is -1.49. The van der Waals surface area contributed by atoms with E-state index in [-0.39, 0.29) is 82.0 Å². The van der Waals surface area contributed by atoms with E-state index in [9.17, 15) is 39.3 Å². The number of aromatic nitrogens is 4. The van der Waals surface area contributed by atoms with E-state index in [4.69, 9.17) is 0 Å². The van der Waals surface area contributed by atoms with Crippen LogP contribution in [0.4, 0.5) is 0 Å². The van der Waals surface area contributed by atoms with Crippen LogP contribution in [0, 0.1) is 0 Å². The molecule has 0 spiro atoms. The Labute approximate surface area is 284 Å². The summed E-state index contributed by atoms with van der Waals surface area (Å²) < 4.78 is 1.62. The largest absolute Gasteiger partial charge is 1.00 e. The second kappa shape index (κ2) is 13.9. The zero-order valence-electron chi connectivity index (χ0n) is 21.8. The van der Waals surface area contributed by atoms with Gasteiger partial charge in [0.15, 0.2) is 11.8 Å². The number of aliphatic hydroxyl groups excluding tert-OH is 1. The van der Waals surface area contributed by atoms with E-state index in [2.05, 4.69) is 15.5 Å². The fourth-order valence-corrected chi connectivity index (χ4v) is 6.50. The van der Waals surface area contributed by atoms with E-state index in [0.717, 1.165) is 21.2 Å². The van der Waals surface area contributed by atoms with Gasteiger partial charge in [0, 0.05) is 11.5 Å². The van der Waals surface area contributed by atoms with E-state index >= 15 is 0 Å². The maximum absolute atomic E-state index is 12.9. The van der Waals surface area contributed by atoms with Crippen LogP contribution in [0.2, 0.25) is 0 Å². The molecule has 3 aromatic rings. The smallest absolute Gasteiger partial charge is 0.548 e. The average Bonchev–Trinajstić information content (AvgIpc) is 3.23. The number of amides is 2. The van der Waals surface area contributed by atoms with Crippen LogP contribution in [0.3, 0.4) is 0 Å². The van der Waals surface area contributed by atoms with Crippen molar-refractivity contribution in [3.63, 3.8) is 0 Å². The van der Waals surface area contributed by atoms with Gasteiger partial charge in [-0.15, -0.1) is 28.6 Å². The van der Waals surface area contributed by atoms with E-state index in [1.54, 1.807) is 30.3 Å². The molecule has 2 aliphatic rings. The minimum atomic E-state index is -1.55. The number of nitrogens with zero attached hydrogens (tertiary/aromatic N) is 5. The van der Waals surface area contributed by atoms with E-state index in [1.165, 1.54) is 23.9 Å². The number of carbonyl (C=O) groups excluding carboxylic acids is 4. The molecule has 0 bridgehead atoms. The number of hydrogen-bond acceptors (Lipinski definition) is 12. The topological polar surface area (TPSA) is 202 Å². The molecule has 2 N–H and O–H groups in total. The standard InChI is InChI=1S/C23H20N6O8S2.2Na/c30-15(31)8-27-23(37)29-13(25-27)6-7-14(26-29)38-9-12-10-39-21-16(20(34)28(21)17(12)22(35)36)24-19(33)18(32)11-4-2-1-3-5-11;;/h1-7,16,18,21,32H,8-10H2,(H,24,33)(H,30,31)(H,35,36);;/q;2*+1/p-2/t16?,18?,21-;;/m0../s1. The summed E-state index contributed by atoms with van der Waals surface area (Å²) in [4.78, 5) is 61.6. The molecule has 2 aliphatic heterocycles. The zero-order valence-corrected chi connectivity index (χ0v) is 27.4. The minimum absolute atomic E-state index is 0. The molecule has 14 nitrogen and oxygen atoms in total. The molecule has 1 aromatic carbocycles. The van der Waals surface area contributed by atoms with Crippen LogP contribution in [0.15, 0.2) is 63.6 Å². The first-order valence-electron chi connectivity index (χ1n) is 11.4. The molecule has 18 heteroatoms. The number of benzene rings is 1. The molecule has 0 saturated carbocycles. The Morgan fingerprint density at radius 3 is 2.46 bits per heavy atom. The normalized spacial score (nSPS) is 18.5. The van der Waals surface area contributed by atoms with Crippen molar-refractivity contribution in [1.29, 1.82) is 0 Å². The summed E-state index contributed by atoms with van der Waals surface area (Å²) in [5.74, 6) is -4.16. The number of carboxylic acid groups (broad SMARTS) is 2. The van der Waals surface area contributed by atoms with Gasteiger partial charge in [0.2, 0.25) is 0 Å². The van der Waals surface area contributed by atoms with Gasteiger partial charge in [0.1, 0.15) is 16.4 Å². The predicted molar refractivity (Wildman–Crippen MR) is 131 cm³/mol. The van der Waals surface area contributed by atoms with Gasteiger partial charge >= 0.3 is 64.8 Å². The first-order valence-corrected chi connectivity index (χ1v) is 13.4. The molecule has 3 atom stereocenters. The number of fused-ring (bicyclic) bond motifs is 2. The molecule has 0 radical (unpaired) electrons. The number of β-lactam (4-membered cyclic amide) rings is 1. The molecule has 5 rings (SSSR count). The second-order valence-electron chi connectivity index (χ2n) is 8.49. The van der Waals surface area contributed by atoms with Crippen LogP contribution in [0.1, 0.15) is 11.7 Å². The van der Waals surface area contributed by atoms with Gasteiger partial charge < -0.3 is 30.2 Å². The number of thioether (sulfide) groups is 2. The number of rotatable bonds is 9. The summed E-state index contributed by atoms with van der Waals surface area (Å²) in [6.45, 7) is -0.735. The predicted octanol–water partition coefficient (Wildman–Crippen LogP) is -9.12. The van der Waals surface area contributed by atoms with Gasteiger partial charge in [-0.2, -0.15) is 9.61 Å². The third-order valence-electron chi connectivity index (χ3n) is 5.99. The van der Waals surface area contributed by atoms with Crippen molar-refractivity contribution in [2.45, 2.75) is 29.1 Å². The van der Waals surface area contributed by atoms with Gasteiger partial charge in [-0.1, -0.05) is 30.3 Å². The molecule has 1 saturated heterocycles. The Morgan fingerprint density at radius 2 is 1.80 bits per heavy atom. The first kappa shape index (κ1) is 33.4. The molecule has 1 fully saturated rings. The molecule has 41 heavy (non-hydrogen) atoms. The van der Waals surface area contributed by atoms with Gasteiger partial charge in [0.05, 0.1) is 24.2 Å². The van der Waals surface area contributed by atoms with Crippen molar-refractivity contribution in [1.82, 2.24) is 29.6 Å². The summed E-state index contributed by atoms with van der Waals surface area (Å²) in [6, 6.07) is 10.2. The van der Waals surface area contributed by atoms with E-state index in [0.29, 0.717) is 20.8 Å². The number of hydrogen-bond donors (Lipinski definition) is 2. The molecular weight excluding hydrogens is 598 g/mol. The Bertz CT molecular complexity index is 1600. The number of nitrogens with one attached hydrogen (secondary N) is 1. The monoisotopic (exact) mass is 616 g/mol. The third-order valence-corrected chi connectivity index (χ3v) is 8.34. The van der Waals surface area contributed by atoms with E-state index < -0.39 is 53.5 Å². The summed E-state index contributed by atoms with van der Waals surface area (Å²) in [7, 11) is 0. The van der Waals surface area contributed by atoms with Crippen molar-refractivity contribution in [3.05, 3.63) is 69.8 Å². The van der Waals surface area contributed by atoms with Crippen LogP contribution < -0.4 is 80.3 Å². The maximum Gasteiger partial charge on any atom is 1.00 e. The zero-order chi connectivity index (χ0) is 27.8. The van der Waals surface area contributed by atoms with Crippen molar-refractivity contribution in [2.75, 3.05) is 11.5 Å². The fourth-order valence-electron chi connectivity index (χ4n) is 4.16. The van der Waals surface area contributed by atoms with Crippen LogP contribution in [0.25, 0.3) is 5.65 Å². The van der Waals surface area contributed by atoms with Gasteiger partial charge in [-0.3, -0.25) is 14.5 Å². The summed E-state index contributed by atoms with van der Waals surface area (Å²) >= 11 is 2.35. The minimum Gasteiger partial charge on any atom is -0.548 e. The molecule has 0 aliphatic carbocycles. The summed E-state index contributed by atoms with van der Waals surface area (Å²) in [5.41, 5.74) is -0.229. The molecule has 4 heterocycles. The number of carbonyl (C=O) groups is 4. The van der Waals surface area contributed by atoms with Gasteiger partial charge in [-0.25, -0.2) is 9.48 Å². The first-order chi connectivity index (χ1) is 18.7. The SMILES string of the molecule is O=C([O-])Cn1nc2ccc(SCC3=C(C(=O)[O-])N4C(=O)C(NC(=O)C(O)c5ccccc5)[C@@H]4SC3)nn2c1=O.[Na+].[Na+]. The number of carboxylic acids is 2. The van der Waals surface area contributed by atoms with E-state index in [1.807, 2.05) is 0 Å². The fraction of sp³-hybridized carbons (Fsp3) is 0.261. The molecular formula is C23H18N6Na2O8S2. The second-order valence-corrected chi connectivity index (χ2v) is 10.6. The van der Waals surface area contributed by atoms with Crippen LogP contribution >= 0.6 is 23.5 Å². The van der Waals surface area contributed by atoms with Crippen molar-refractivity contribution in [3.8, 4) is 0 Å². The van der Waals surface area contributed by atoms with Crippen molar-refractivity contribution in [2.24, 2.45) is 0 Å². The molecule has 2 aromatic heterocycles. The average molecular weight is 617 g/mol. The Balaban J connectivity index is 0.00000231. The van der Waals surface area contributed by atoms with Crippen molar-refractivity contribution >= 4 is 52.9 Å². The maximum atomic E-state index is 12.9. The third kappa shape index (κ3) is 6.76. The number of aliphatic carboxylic acids is 2. The Hall–Kier alpha value is -2.15. The molecule has 2 amide bonds. The van der Waals surface area contributed by atoms with Gasteiger partial charge in [0.25, 0.3) is 11.8 Å². The summed E-state index contributed by atoms with van der Waals surface area (Å²) in [5, 5.41) is 43.2. The molecule has 2 unspecified atom stereocenters. The quantitative estimate of drug-likeness (QED) is 0.131. The number of aliphatic hydroxyl groups is 1. The Morgan fingerprint density at radius 1 is 1.10 bits per heavy atom. The van der Waals surface area contributed by atoms with Crippen LogP contribution in [0.5, 0.6) is 0 Å². The van der Waals surface area contributed by atoms with Gasteiger partial charge in [-0.05, 0) is 23.3 Å². The van der Waals surface area contributed by atoms with Crippen LogP contribution in [-0.2, 0) is 25.7 Å².